The SMILES string of the molecule is CC1CC(C(C)(C)C)=CCN1. The first-order valence-corrected chi connectivity index (χ1v) is 4.43. The summed E-state index contributed by atoms with van der Waals surface area (Å²) in [6.45, 7) is 10.2. The van der Waals surface area contributed by atoms with Crippen molar-refractivity contribution in [1.82, 2.24) is 5.32 Å². The van der Waals surface area contributed by atoms with Gasteiger partial charge in [-0.3, -0.25) is 0 Å². The zero-order chi connectivity index (χ0) is 8.48. The maximum Gasteiger partial charge on any atom is 0.0140 e. The van der Waals surface area contributed by atoms with Crippen LogP contribution in [-0.2, 0) is 0 Å². The fraction of sp³-hybridized carbons (Fsp3) is 0.800. The highest BCUT2D eigenvalue weighted by molar-refractivity contribution is 5.15. The smallest absolute Gasteiger partial charge is 0.0140 e. The van der Waals surface area contributed by atoms with Gasteiger partial charge in [-0.05, 0) is 18.8 Å². The third kappa shape index (κ3) is 2.33. The maximum atomic E-state index is 3.41. The van der Waals surface area contributed by atoms with Crippen LogP contribution in [0.15, 0.2) is 11.6 Å². The Labute approximate surface area is 69.9 Å². The average Bonchev–Trinajstić information content (AvgIpc) is 1.86. The Hall–Kier alpha value is -0.300. The summed E-state index contributed by atoms with van der Waals surface area (Å²) in [6, 6.07) is 0.661. The van der Waals surface area contributed by atoms with Crippen LogP contribution in [0, 0.1) is 5.41 Å². The average molecular weight is 153 g/mol. The molecule has 0 aliphatic carbocycles. The van der Waals surface area contributed by atoms with Gasteiger partial charge in [-0.15, -0.1) is 0 Å². The van der Waals surface area contributed by atoms with E-state index in [0.29, 0.717) is 11.5 Å². The van der Waals surface area contributed by atoms with Crippen molar-refractivity contribution in [2.24, 2.45) is 5.41 Å². The van der Waals surface area contributed by atoms with Crippen LogP contribution in [0.5, 0.6) is 0 Å². The second-order valence-corrected chi connectivity index (χ2v) is 4.49. The molecule has 1 rings (SSSR count). The van der Waals surface area contributed by atoms with Crippen molar-refractivity contribution in [2.75, 3.05) is 6.54 Å². The van der Waals surface area contributed by atoms with Crippen molar-refractivity contribution >= 4 is 0 Å². The van der Waals surface area contributed by atoms with Gasteiger partial charge in [0.2, 0.25) is 0 Å². The largest absolute Gasteiger partial charge is 0.310 e. The van der Waals surface area contributed by atoms with Crippen molar-refractivity contribution in [3.63, 3.8) is 0 Å². The van der Waals surface area contributed by atoms with E-state index < -0.39 is 0 Å². The standard InChI is InChI=1S/C10H19N/c1-8-7-9(5-6-11-8)10(2,3)4/h5,8,11H,6-7H2,1-4H3. The molecule has 1 heterocycles. The van der Waals surface area contributed by atoms with Gasteiger partial charge in [-0.2, -0.15) is 0 Å². The van der Waals surface area contributed by atoms with Gasteiger partial charge in [-0.25, -0.2) is 0 Å². The van der Waals surface area contributed by atoms with Crippen LogP contribution in [0.3, 0.4) is 0 Å². The highest BCUT2D eigenvalue weighted by Crippen LogP contribution is 2.29. The van der Waals surface area contributed by atoms with E-state index in [-0.39, 0.29) is 0 Å². The van der Waals surface area contributed by atoms with Gasteiger partial charge in [-0.1, -0.05) is 32.4 Å². The third-order valence-electron chi connectivity index (χ3n) is 2.30. The fourth-order valence-corrected chi connectivity index (χ4v) is 1.48. The summed E-state index contributed by atoms with van der Waals surface area (Å²) in [5.41, 5.74) is 1.97. The van der Waals surface area contributed by atoms with Crippen LogP contribution < -0.4 is 5.32 Å². The molecule has 64 valence electrons. The first kappa shape index (κ1) is 8.79. The van der Waals surface area contributed by atoms with Gasteiger partial charge in [0, 0.05) is 12.6 Å². The molecule has 1 nitrogen and oxygen atoms in total. The first-order chi connectivity index (χ1) is 5.00. The summed E-state index contributed by atoms with van der Waals surface area (Å²) in [5.74, 6) is 0. The normalized spacial score (nSPS) is 26.5. The summed E-state index contributed by atoms with van der Waals surface area (Å²) in [5, 5.41) is 3.41. The zero-order valence-electron chi connectivity index (χ0n) is 8.07. The lowest BCUT2D eigenvalue weighted by molar-refractivity contribution is 0.429. The van der Waals surface area contributed by atoms with Crippen LogP contribution >= 0.6 is 0 Å². The van der Waals surface area contributed by atoms with Crippen molar-refractivity contribution < 1.29 is 0 Å². The zero-order valence-corrected chi connectivity index (χ0v) is 8.07. The summed E-state index contributed by atoms with van der Waals surface area (Å²) in [4.78, 5) is 0. The topological polar surface area (TPSA) is 12.0 Å². The molecule has 11 heavy (non-hydrogen) atoms. The molecule has 0 bridgehead atoms. The van der Waals surface area contributed by atoms with Crippen LogP contribution in [0.4, 0.5) is 0 Å². The molecule has 0 aromatic carbocycles. The van der Waals surface area contributed by atoms with E-state index >= 15 is 0 Å². The minimum Gasteiger partial charge on any atom is -0.310 e. The quantitative estimate of drug-likeness (QED) is 0.527. The van der Waals surface area contributed by atoms with Crippen molar-refractivity contribution in [3.05, 3.63) is 11.6 Å². The molecule has 1 aliphatic heterocycles. The highest BCUT2D eigenvalue weighted by Gasteiger charge is 2.20. The Morgan fingerprint density at radius 2 is 2.09 bits per heavy atom. The number of nitrogens with one attached hydrogen (secondary N) is 1. The molecular weight excluding hydrogens is 134 g/mol. The van der Waals surface area contributed by atoms with Gasteiger partial charge in [0.1, 0.15) is 0 Å². The molecule has 0 radical (unpaired) electrons. The van der Waals surface area contributed by atoms with Crippen molar-refractivity contribution in [2.45, 2.75) is 40.2 Å². The predicted molar refractivity (Wildman–Crippen MR) is 49.6 cm³/mol. The van der Waals surface area contributed by atoms with Crippen LogP contribution in [0.1, 0.15) is 34.1 Å². The molecule has 0 aromatic rings. The molecule has 0 fully saturated rings. The maximum absolute atomic E-state index is 3.41. The molecule has 1 N–H and O–H groups in total. The summed E-state index contributed by atoms with van der Waals surface area (Å²) >= 11 is 0. The van der Waals surface area contributed by atoms with Gasteiger partial charge in [0.15, 0.2) is 0 Å². The van der Waals surface area contributed by atoms with Crippen LogP contribution in [0.2, 0.25) is 0 Å². The monoisotopic (exact) mass is 153 g/mol. The summed E-state index contributed by atoms with van der Waals surface area (Å²) in [6.07, 6.45) is 3.55. The Morgan fingerprint density at radius 3 is 2.45 bits per heavy atom. The summed E-state index contributed by atoms with van der Waals surface area (Å²) in [7, 11) is 0. The van der Waals surface area contributed by atoms with Crippen LogP contribution in [0.25, 0.3) is 0 Å². The number of rotatable bonds is 0. The lowest BCUT2D eigenvalue weighted by Crippen LogP contribution is -2.33. The lowest BCUT2D eigenvalue weighted by atomic mass is 9.81. The lowest BCUT2D eigenvalue weighted by Gasteiger charge is -2.29. The fourth-order valence-electron chi connectivity index (χ4n) is 1.48. The molecule has 0 saturated carbocycles. The van der Waals surface area contributed by atoms with Crippen molar-refractivity contribution in [3.8, 4) is 0 Å². The van der Waals surface area contributed by atoms with Gasteiger partial charge >= 0.3 is 0 Å². The van der Waals surface area contributed by atoms with Crippen molar-refractivity contribution in [1.29, 1.82) is 0 Å². The Kier molecular flexibility index (Phi) is 2.38. The van der Waals surface area contributed by atoms with Gasteiger partial charge in [0.25, 0.3) is 0 Å². The molecule has 0 amide bonds. The predicted octanol–water partition coefficient (Wildman–Crippen LogP) is 2.34. The van der Waals surface area contributed by atoms with E-state index in [1.807, 2.05) is 0 Å². The van der Waals surface area contributed by atoms with E-state index in [1.54, 1.807) is 5.57 Å². The molecule has 0 saturated heterocycles. The Balaban J connectivity index is 2.65. The summed E-state index contributed by atoms with van der Waals surface area (Å²) < 4.78 is 0. The molecule has 0 spiro atoms. The van der Waals surface area contributed by atoms with E-state index in [9.17, 15) is 0 Å². The molecule has 1 unspecified atom stereocenters. The molecule has 1 atom stereocenters. The minimum absolute atomic E-state index is 0.371. The van der Waals surface area contributed by atoms with E-state index in [0.717, 1.165) is 6.54 Å². The number of hydrogen-bond acceptors (Lipinski definition) is 1. The molecule has 0 aromatic heterocycles. The third-order valence-corrected chi connectivity index (χ3v) is 2.30. The van der Waals surface area contributed by atoms with E-state index in [2.05, 4.69) is 39.1 Å². The van der Waals surface area contributed by atoms with E-state index in [4.69, 9.17) is 0 Å². The van der Waals surface area contributed by atoms with Crippen LogP contribution in [-0.4, -0.2) is 12.6 Å². The Morgan fingerprint density at radius 1 is 1.45 bits per heavy atom. The first-order valence-electron chi connectivity index (χ1n) is 4.43. The number of hydrogen-bond donors (Lipinski definition) is 1. The van der Waals surface area contributed by atoms with Gasteiger partial charge in [0.05, 0.1) is 0 Å². The second kappa shape index (κ2) is 2.98. The van der Waals surface area contributed by atoms with Gasteiger partial charge < -0.3 is 5.32 Å². The molecule has 1 heteroatoms. The minimum atomic E-state index is 0.371. The Bertz CT molecular complexity index is 162. The van der Waals surface area contributed by atoms with E-state index in [1.165, 1.54) is 6.42 Å². The highest BCUT2D eigenvalue weighted by atomic mass is 14.9. The molecular formula is C10H19N. The molecule has 1 aliphatic rings. The second-order valence-electron chi connectivity index (χ2n) is 4.49.